The van der Waals surface area contributed by atoms with E-state index in [1.165, 1.54) is 60.5 Å². The number of hydrogen-bond acceptors (Lipinski definition) is 2. The van der Waals surface area contributed by atoms with Gasteiger partial charge in [0, 0.05) is 36.6 Å². The summed E-state index contributed by atoms with van der Waals surface area (Å²) in [6, 6.07) is 83.9. The summed E-state index contributed by atoms with van der Waals surface area (Å²) in [5, 5.41) is 7.46. The van der Waals surface area contributed by atoms with Crippen molar-refractivity contribution in [3.05, 3.63) is 253 Å². The zero-order valence-electron chi connectivity index (χ0n) is 32.3. The van der Waals surface area contributed by atoms with Crippen LogP contribution in [0.5, 0.6) is 0 Å². The molecule has 0 radical (unpaired) electrons. The van der Waals surface area contributed by atoms with Crippen LogP contribution in [-0.4, -0.2) is 4.57 Å². The highest BCUT2D eigenvalue weighted by Crippen LogP contribution is 2.57. The number of nitrogens with one attached hydrogen (secondary N) is 1. The lowest BCUT2D eigenvalue weighted by Crippen LogP contribution is -2.28. The first-order chi connectivity index (χ1) is 29.3. The number of nitrogens with zero attached hydrogens (tertiary/aromatic N) is 2. The molecule has 3 nitrogen and oxygen atoms in total. The molecule has 0 saturated heterocycles. The molecule has 4 heteroatoms. The minimum Gasteiger partial charge on any atom is -0.354 e. The third kappa shape index (κ3) is 5.85. The van der Waals surface area contributed by atoms with E-state index in [1.54, 1.807) is 0 Å². The number of aromatic nitrogens is 1. The molecule has 0 aliphatic heterocycles. The maximum Gasteiger partial charge on any atom is 0.0714 e. The summed E-state index contributed by atoms with van der Waals surface area (Å²) in [6.45, 7) is 0. The monoisotopic (exact) mass is 773 g/mol. The average Bonchev–Trinajstić information content (AvgIpc) is 3.78. The standard InChI is InChI=1S/C55H40N3P/c1-6-20-39(21-7-1)55(40-22-8-2-9-23-40)49-31-17-16-30-45(49)46-37-48-47-36-44(34-35-52(47)57(54(48)38-50(46)55)42-26-12-4-13-27-42)59-58(43-28-14-5-15-29-43)53-33-19-18-32-51(53)56-41-24-10-3-11-25-41/h1-38,56,59H. The van der Waals surface area contributed by atoms with Crippen LogP contribution in [0.1, 0.15) is 22.3 Å². The molecule has 1 aromatic heterocycles. The summed E-state index contributed by atoms with van der Waals surface area (Å²) in [7, 11) is 0.333. The molecule has 0 bridgehead atoms. The quantitative estimate of drug-likeness (QED) is 0.147. The lowest BCUT2D eigenvalue weighted by Gasteiger charge is -2.34. The first-order valence-electron chi connectivity index (χ1n) is 20.2. The topological polar surface area (TPSA) is 20.2 Å². The molecular weight excluding hydrogens is 734 g/mol. The highest BCUT2D eigenvalue weighted by atomic mass is 31.1. The summed E-state index contributed by atoms with van der Waals surface area (Å²) in [4.78, 5) is 0. The van der Waals surface area contributed by atoms with Crippen LogP contribution < -0.4 is 15.3 Å². The first-order valence-corrected chi connectivity index (χ1v) is 21.1. The SMILES string of the molecule is c1ccc(Nc2ccccc2N(Pc2ccc3c(c2)c2cc4c(cc2n3-c2ccccc2)C(c2ccccc2)(c2ccccc2)c2ccccc2-4)c2ccccc2)cc1. The van der Waals surface area contributed by atoms with Crippen LogP contribution in [0.4, 0.5) is 22.7 Å². The fourth-order valence-electron chi connectivity index (χ4n) is 9.30. The average molecular weight is 774 g/mol. The Morgan fingerprint density at radius 3 is 1.73 bits per heavy atom. The Hall–Kier alpha value is -7.19. The minimum atomic E-state index is -0.482. The van der Waals surface area contributed by atoms with E-state index >= 15 is 0 Å². The molecule has 59 heavy (non-hydrogen) atoms. The van der Waals surface area contributed by atoms with Gasteiger partial charge in [0.1, 0.15) is 0 Å². The van der Waals surface area contributed by atoms with E-state index < -0.39 is 5.41 Å². The van der Waals surface area contributed by atoms with Gasteiger partial charge in [-0.3, -0.25) is 0 Å². The van der Waals surface area contributed by atoms with Crippen molar-refractivity contribution < 1.29 is 0 Å². The van der Waals surface area contributed by atoms with Gasteiger partial charge >= 0.3 is 0 Å². The third-order valence-corrected chi connectivity index (χ3v) is 13.1. The molecule has 9 aromatic carbocycles. The lowest BCUT2D eigenvalue weighted by molar-refractivity contribution is 0.769. The van der Waals surface area contributed by atoms with Crippen molar-refractivity contribution in [2.45, 2.75) is 5.41 Å². The van der Waals surface area contributed by atoms with Gasteiger partial charge in [-0.05, 0) is 111 Å². The first kappa shape index (κ1) is 35.0. The number of anilines is 4. The molecule has 0 fully saturated rings. The van der Waals surface area contributed by atoms with Crippen molar-refractivity contribution in [3.63, 3.8) is 0 Å². The minimum absolute atomic E-state index is 0.333. The van der Waals surface area contributed by atoms with Crippen molar-refractivity contribution in [1.82, 2.24) is 4.57 Å². The molecule has 11 rings (SSSR count). The second-order valence-corrected chi connectivity index (χ2v) is 16.4. The number of rotatable bonds is 9. The van der Waals surface area contributed by atoms with Crippen LogP contribution in [0.2, 0.25) is 0 Å². The van der Waals surface area contributed by atoms with Crippen LogP contribution in [0.25, 0.3) is 38.6 Å². The summed E-state index contributed by atoms with van der Waals surface area (Å²) >= 11 is 0. The molecule has 1 unspecified atom stereocenters. The molecule has 1 aliphatic carbocycles. The Bertz CT molecular complexity index is 3050. The number of fused-ring (bicyclic) bond motifs is 6. The second-order valence-electron chi connectivity index (χ2n) is 15.1. The maximum atomic E-state index is 3.71. The largest absolute Gasteiger partial charge is 0.354 e. The summed E-state index contributed by atoms with van der Waals surface area (Å²) in [5.74, 6) is 0. The van der Waals surface area contributed by atoms with E-state index in [4.69, 9.17) is 0 Å². The Balaban J connectivity index is 1.14. The zero-order valence-corrected chi connectivity index (χ0v) is 33.3. The van der Waals surface area contributed by atoms with E-state index in [0.717, 1.165) is 28.4 Å². The lowest BCUT2D eigenvalue weighted by atomic mass is 9.67. The highest BCUT2D eigenvalue weighted by molar-refractivity contribution is 7.49. The summed E-state index contributed by atoms with van der Waals surface area (Å²) in [6.07, 6.45) is 0. The Labute approximate surface area is 346 Å². The van der Waals surface area contributed by atoms with Gasteiger partial charge in [-0.25, -0.2) is 0 Å². The predicted octanol–water partition coefficient (Wildman–Crippen LogP) is 13.9. The Morgan fingerprint density at radius 1 is 0.441 bits per heavy atom. The fraction of sp³-hybridized carbons (Fsp3) is 0.0182. The van der Waals surface area contributed by atoms with Crippen molar-refractivity contribution >= 4 is 58.6 Å². The Kier molecular flexibility index (Phi) is 8.68. The van der Waals surface area contributed by atoms with Crippen molar-refractivity contribution in [1.29, 1.82) is 0 Å². The Morgan fingerprint density at radius 2 is 1.02 bits per heavy atom. The summed E-state index contributed by atoms with van der Waals surface area (Å²) in [5.41, 5.74) is 15.2. The van der Waals surface area contributed by atoms with Gasteiger partial charge in [0.2, 0.25) is 0 Å². The maximum absolute atomic E-state index is 3.71. The number of para-hydroxylation sites is 5. The van der Waals surface area contributed by atoms with E-state index in [1.807, 2.05) is 0 Å². The molecular formula is C55H40N3P. The molecule has 1 heterocycles. The molecule has 10 aromatic rings. The highest BCUT2D eigenvalue weighted by Gasteiger charge is 2.46. The van der Waals surface area contributed by atoms with E-state index in [9.17, 15) is 0 Å². The second kappa shape index (κ2) is 14.6. The van der Waals surface area contributed by atoms with E-state index in [2.05, 4.69) is 245 Å². The van der Waals surface area contributed by atoms with E-state index in [-0.39, 0.29) is 0 Å². The van der Waals surface area contributed by atoms with Crippen LogP contribution in [0.3, 0.4) is 0 Å². The number of hydrogen-bond donors (Lipinski definition) is 1. The van der Waals surface area contributed by atoms with Gasteiger partial charge in [-0.15, -0.1) is 0 Å². The molecule has 1 atom stereocenters. The molecule has 0 saturated carbocycles. The van der Waals surface area contributed by atoms with Gasteiger partial charge < -0.3 is 14.6 Å². The molecule has 1 aliphatic rings. The van der Waals surface area contributed by atoms with Gasteiger partial charge in [0.05, 0.1) is 27.8 Å². The molecule has 0 amide bonds. The van der Waals surface area contributed by atoms with Gasteiger partial charge in [0.15, 0.2) is 0 Å². The van der Waals surface area contributed by atoms with Crippen LogP contribution >= 0.6 is 8.73 Å². The van der Waals surface area contributed by atoms with Crippen molar-refractivity contribution in [2.75, 3.05) is 9.99 Å². The van der Waals surface area contributed by atoms with Crippen molar-refractivity contribution in [2.24, 2.45) is 0 Å². The van der Waals surface area contributed by atoms with Crippen LogP contribution in [0, 0.1) is 0 Å². The number of benzene rings is 9. The zero-order chi connectivity index (χ0) is 39.2. The third-order valence-electron chi connectivity index (χ3n) is 11.8. The van der Waals surface area contributed by atoms with E-state index in [0.29, 0.717) is 8.73 Å². The van der Waals surface area contributed by atoms with Gasteiger partial charge in [0.25, 0.3) is 0 Å². The summed E-state index contributed by atoms with van der Waals surface area (Å²) < 4.78 is 4.92. The van der Waals surface area contributed by atoms with Gasteiger partial charge in [-0.2, -0.15) is 0 Å². The fourth-order valence-corrected chi connectivity index (χ4v) is 10.5. The normalized spacial score (nSPS) is 12.8. The van der Waals surface area contributed by atoms with Crippen molar-refractivity contribution in [3.8, 4) is 16.8 Å². The molecule has 280 valence electrons. The van der Waals surface area contributed by atoms with Gasteiger partial charge in [-0.1, -0.05) is 158 Å². The predicted molar refractivity (Wildman–Crippen MR) is 251 cm³/mol. The van der Waals surface area contributed by atoms with Crippen LogP contribution in [-0.2, 0) is 5.41 Å². The smallest absolute Gasteiger partial charge is 0.0714 e. The molecule has 1 N–H and O–H groups in total. The van der Waals surface area contributed by atoms with Crippen LogP contribution in [0.15, 0.2) is 231 Å². The molecule has 0 spiro atoms.